The van der Waals surface area contributed by atoms with Gasteiger partial charge in [-0.3, -0.25) is 4.98 Å². The fourth-order valence-corrected chi connectivity index (χ4v) is 6.10. The highest BCUT2D eigenvalue weighted by Gasteiger charge is 2.39. The van der Waals surface area contributed by atoms with E-state index in [-0.39, 0.29) is 0 Å². The van der Waals surface area contributed by atoms with E-state index in [1.165, 1.54) is 22.4 Å². The number of aromatic nitrogens is 3. The number of benzene rings is 1. The van der Waals surface area contributed by atoms with Gasteiger partial charge in [0, 0.05) is 29.1 Å². The number of methoxy groups -OCH3 is 1. The largest absolute Gasteiger partial charge is 0.495 e. The number of pyridine rings is 1. The van der Waals surface area contributed by atoms with Crippen molar-refractivity contribution >= 4 is 44.5 Å². The topological polar surface area (TPSA) is 59.9 Å². The van der Waals surface area contributed by atoms with Crippen LogP contribution in [0.2, 0.25) is 5.02 Å². The van der Waals surface area contributed by atoms with Crippen LogP contribution in [0.3, 0.4) is 0 Å². The third-order valence-corrected chi connectivity index (χ3v) is 7.44. The molecule has 0 radical (unpaired) electrons. The van der Waals surface area contributed by atoms with Gasteiger partial charge in [0.05, 0.1) is 17.5 Å². The zero-order valence-corrected chi connectivity index (χ0v) is 18.4. The highest BCUT2D eigenvalue weighted by atomic mass is 35.5. The van der Waals surface area contributed by atoms with Gasteiger partial charge in [0.25, 0.3) is 0 Å². The van der Waals surface area contributed by atoms with Crippen molar-refractivity contribution in [3.63, 3.8) is 0 Å². The van der Waals surface area contributed by atoms with Crippen LogP contribution in [0.5, 0.6) is 5.75 Å². The van der Waals surface area contributed by atoms with E-state index in [1.807, 2.05) is 36.4 Å². The first-order valence-electron chi connectivity index (χ1n) is 10.3. The minimum atomic E-state index is 0.584. The maximum Gasteiger partial charge on any atom is 0.181 e. The van der Waals surface area contributed by atoms with Gasteiger partial charge in [-0.05, 0) is 48.2 Å². The predicted octanol–water partition coefficient (Wildman–Crippen LogP) is 6.30. The second-order valence-electron chi connectivity index (χ2n) is 7.74. The van der Waals surface area contributed by atoms with Crippen LogP contribution in [0.4, 0.5) is 5.82 Å². The van der Waals surface area contributed by atoms with Crippen LogP contribution in [0.1, 0.15) is 34.8 Å². The predicted molar refractivity (Wildman–Crippen MR) is 126 cm³/mol. The average Bonchev–Trinajstić information content (AvgIpc) is 3.35. The van der Waals surface area contributed by atoms with Gasteiger partial charge in [0.2, 0.25) is 0 Å². The molecule has 0 saturated heterocycles. The number of nitrogens with one attached hydrogen (secondary N) is 1. The fourth-order valence-electron chi connectivity index (χ4n) is 4.47. The number of hydrogen-bond donors (Lipinski definition) is 1. The Morgan fingerprint density at radius 3 is 2.97 bits per heavy atom. The van der Waals surface area contributed by atoms with Gasteiger partial charge < -0.3 is 10.1 Å². The van der Waals surface area contributed by atoms with Crippen molar-refractivity contribution < 1.29 is 4.74 Å². The minimum Gasteiger partial charge on any atom is -0.495 e. The molecule has 5 nitrogen and oxygen atoms in total. The van der Waals surface area contributed by atoms with Gasteiger partial charge in [-0.25, -0.2) is 9.97 Å². The molecule has 1 N–H and O–H groups in total. The lowest BCUT2D eigenvalue weighted by molar-refractivity contribution is 0.415. The summed E-state index contributed by atoms with van der Waals surface area (Å²) in [6.07, 6.45) is 6.51. The maximum absolute atomic E-state index is 6.32. The Balaban J connectivity index is 1.44. The lowest BCUT2D eigenvalue weighted by Gasteiger charge is -2.26. The Hall–Kier alpha value is -2.96. The monoisotopic (exact) mass is 446 g/mol. The Bertz CT molecular complexity index is 1350. The summed E-state index contributed by atoms with van der Waals surface area (Å²) in [4.78, 5) is 16.7. The molecule has 6 rings (SSSR count). The van der Waals surface area contributed by atoms with Crippen LogP contribution < -0.4 is 10.1 Å². The molecule has 4 aromatic rings. The van der Waals surface area contributed by atoms with Gasteiger partial charge >= 0.3 is 0 Å². The first-order valence-corrected chi connectivity index (χ1v) is 11.4. The van der Waals surface area contributed by atoms with E-state index in [0.29, 0.717) is 29.1 Å². The summed E-state index contributed by atoms with van der Waals surface area (Å²) in [5.41, 5.74) is 4.63. The van der Waals surface area contributed by atoms with Crippen LogP contribution >= 0.6 is 22.9 Å². The van der Waals surface area contributed by atoms with Crippen molar-refractivity contribution in [2.24, 2.45) is 0 Å². The molecule has 2 aliphatic carbocycles. The second-order valence-corrected chi connectivity index (χ2v) is 9.18. The molecule has 7 heteroatoms. The van der Waals surface area contributed by atoms with Crippen LogP contribution in [0.15, 0.2) is 48.7 Å². The van der Waals surface area contributed by atoms with Crippen LogP contribution in [-0.2, 0) is 6.54 Å². The van der Waals surface area contributed by atoms with Gasteiger partial charge in [-0.15, -0.1) is 11.3 Å². The quantitative estimate of drug-likeness (QED) is 0.389. The molecule has 31 heavy (non-hydrogen) atoms. The van der Waals surface area contributed by atoms with E-state index in [9.17, 15) is 0 Å². The summed E-state index contributed by atoms with van der Waals surface area (Å²) in [5, 5.41) is 5.28. The zero-order chi connectivity index (χ0) is 20.9. The summed E-state index contributed by atoms with van der Waals surface area (Å²) in [6, 6.07) is 11.6. The Morgan fingerprint density at radius 2 is 2.16 bits per heavy atom. The molecule has 0 amide bonds. The van der Waals surface area contributed by atoms with Crippen LogP contribution in [0, 0.1) is 0 Å². The number of ether oxygens (including phenoxy) is 1. The summed E-state index contributed by atoms with van der Waals surface area (Å²) >= 11 is 8.11. The highest BCUT2D eigenvalue weighted by Crippen LogP contribution is 2.59. The van der Waals surface area contributed by atoms with E-state index < -0.39 is 0 Å². The first-order chi connectivity index (χ1) is 15.2. The third-order valence-electron chi connectivity index (χ3n) is 5.95. The summed E-state index contributed by atoms with van der Waals surface area (Å²) in [6.45, 7) is 0.602. The molecule has 0 bridgehead atoms. The number of thiophene rings is 1. The molecule has 2 aliphatic rings. The number of rotatable bonds is 5. The molecule has 1 atom stereocenters. The molecule has 0 spiro atoms. The normalized spacial score (nSPS) is 16.5. The molecule has 1 aromatic carbocycles. The van der Waals surface area contributed by atoms with Crippen molar-refractivity contribution in [3.05, 3.63) is 69.7 Å². The number of hydrogen-bond acceptors (Lipinski definition) is 6. The van der Waals surface area contributed by atoms with Crippen molar-refractivity contribution in [2.45, 2.75) is 25.3 Å². The van der Waals surface area contributed by atoms with E-state index >= 15 is 0 Å². The lowest BCUT2D eigenvalue weighted by Crippen LogP contribution is -2.10. The maximum atomic E-state index is 6.32. The Morgan fingerprint density at radius 1 is 1.23 bits per heavy atom. The van der Waals surface area contributed by atoms with Crippen molar-refractivity contribution in [1.29, 1.82) is 0 Å². The molecule has 3 heterocycles. The summed E-state index contributed by atoms with van der Waals surface area (Å²) < 4.78 is 5.27. The SMILES string of the molecule is COc1ccc(CNc2nc(-c3ccccn3)nc3sc4c(c23)C2=CCCC24)cc1Cl. The highest BCUT2D eigenvalue weighted by molar-refractivity contribution is 7.19. The summed E-state index contributed by atoms with van der Waals surface area (Å²) in [5.74, 6) is 2.75. The minimum absolute atomic E-state index is 0.584. The fraction of sp³-hybridized carbons (Fsp3) is 0.208. The van der Waals surface area contributed by atoms with E-state index in [2.05, 4.69) is 16.4 Å². The molecule has 0 fully saturated rings. The second kappa shape index (κ2) is 7.32. The zero-order valence-electron chi connectivity index (χ0n) is 16.9. The standard InChI is InChI=1S/C24H19ClN4OS/c1-30-18-9-8-13(11-16(18)25)12-27-23-20-19-14-5-4-6-15(14)21(19)31-24(20)29-22(28-23)17-7-2-3-10-26-17/h2-3,5,7-11,15H,4,6,12H2,1H3,(H,27,28,29). The summed E-state index contributed by atoms with van der Waals surface area (Å²) in [7, 11) is 1.62. The molecule has 3 aromatic heterocycles. The lowest BCUT2D eigenvalue weighted by atomic mass is 9.80. The molecule has 1 unspecified atom stereocenters. The number of nitrogens with zero attached hydrogens (tertiary/aromatic N) is 3. The molecular weight excluding hydrogens is 428 g/mol. The average molecular weight is 447 g/mol. The van der Waals surface area contributed by atoms with Crippen molar-refractivity contribution in [3.8, 4) is 17.3 Å². The van der Waals surface area contributed by atoms with Crippen molar-refractivity contribution in [2.75, 3.05) is 12.4 Å². The van der Waals surface area contributed by atoms with E-state index in [4.69, 9.17) is 26.3 Å². The Kier molecular flexibility index (Phi) is 4.44. The number of allylic oxidation sites excluding steroid dienone is 2. The van der Waals surface area contributed by atoms with Crippen LogP contribution in [0.25, 0.3) is 27.3 Å². The van der Waals surface area contributed by atoms with Gasteiger partial charge in [-0.1, -0.05) is 29.8 Å². The first kappa shape index (κ1) is 18.8. The molecular formula is C24H19ClN4OS. The van der Waals surface area contributed by atoms with E-state index in [1.54, 1.807) is 24.6 Å². The smallest absolute Gasteiger partial charge is 0.181 e. The Labute approximate surface area is 188 Å². The van der Waals surface area contributed by atoms with Crippen LogP contribution in [-0.4, -0.2) is 22.1 Å². The number of anilines is 1. The molecule has 0 saturated carbocycles. The van der Waals surface area contributed by atoms with Gasteiger partial charge in [0.15, 0.2) is 5.82 Å². The number of halogens is 1. The molecule has 154 valence electrons. The van der Waals surface area contributed by atoms with E-state index in [0.717, 1.165) is 33.7 Å². The van der Waals surface area contributed by atoms with Gasteiger partial charge in [-0.2, -0.15) is 0 Å². The van der Waals surface area contributed by atoms with Gasteiger partial charge in [0.1, 0.15) is 22.1 Å². The third kappa shape index (κ3) is 3.01. The molecule has 0 aliphatic heterocycles. The number of fused-ring (bicyclic) bond motifs is 6. The van der Waals surface area contributed by atoms with Crippen molar-refractivity contribution in [1.82, 2.24) is 15.0 Å².